The molecule has 0 radical (unpaired) electrons. The Kier molecular flexibility index (Phi) is 4.67. The number of para-hydroxylation sites is 1. The van der Waals surface area contributed by atoms with Crippen LogP contribution >= 0.6 is 0 Å². The highest BCUT2D eigenvalue weighted by Gasteiger charge is 2.29. The van der Waals surface area contributed by atoms with E-state index in [1.54, 1.807) is 0 Å². The quantitative estimate of drug-likeness (QED) is 0.933. The molecule has 1 saturated heterocycles. The van der Waals surface area contributed by atoms with Crippen molar-refractivity contribution in [2.24, 2.45) is 0 Å². The van der Waals surface area contributed by atoms with Crippen LogP contribution in [0.25, 0.3) is 0 Å². The summed E-state index contributed by atoms with van der Waals surface area (Å²) in [6.07, 6.45) is 3.81. The van der Waals surface area contributed by atoms with Gasteiger partial charge in [0.25, 0.3) is 0 Å². The van der Waals surface area contributed by atoms with E-state index in [1.807, 2.05) is 11.8 Å². The lowest BCUT2D eigenvalue weighted by molar-refractivity contribution is -0.129. The molecular weight excluding hydrogens is 276 g/mol. The summed E-state index contributed by atoms with van der Waals surface area (Å²) in [4.78, 5) is 13.8. The molecule has 3 rings (SSSR count). The fourth-order valence-electron chi connectivity index (χ4n) is 3.57. The fourth-order valence-corrected chi connectivity index (χ4v) is 3.57. The average Bonchev–Trinajstić information content (AvgIpc) is 2.89. The van der Waals surface area contributed by atoms with Gasteiger partial charge < -0.3 is 15.0 Å². The van der Waals surface area contributed by atoms with Gasteiger partial charge in [-0.15, -0.1) is 0 Å². The van der Waals surface area contributed by atoms with Crippen molar-refractivity contribution in [3.8, 4) is 5.75 Å². The summed E-state index contributed by atoms with van der Waals surface area (Å²) >= 11 is 0. The van der Waals surface area contributed by atoms with Crippen LogP contribution < -0.4 is 10.1 Å². The Bertz CT molecular complexity index is 544. The predicted octanol–water partition coefficient (Wildman–Crippen LogP) is 2.81. The van der Waals surface area contributed by atoms with Gasteiger partial charge in [-0.1, -0.05) is 25.1 Å². The van der Waals surface area contributed by atoms with Gasteiger partial charge >= 0.3 is 0 Å². The molecule has 2 aliphatic heterocycles. The van der Waals surface area contributed by atoms with E-state index in [0.717, 1.165) is 44.7 Å². The number of likely N-dealkylation sites (tertiary alicyclic amines) is 1. The zero-order valence-electron chi connectivity index (χ0n) is 13.6. The molecule has 0 unspecified atom stereocenters. The maximum absolute atomic E-state index is 11.8. The fraction of sp³-hybridized carbons (Fsp3) is 0.611. The van der Waals surface area contributed by atoms with Gasteiger partial charge in [0.05, 0.1) is 6.61 Å². The number of amides is 1. The van der Waals surface area contributed by atoms with E-state index in [4.69, 9.17) is 4.74 Å². The minimum Gasteiger partial charge on any atom is -0.493 e. The number of hydrogen-bond donors (Lipinski definition) is 1. The van der Waals surface area contributed by atoms with E-state index in [9.17, 15) is 4.79 Å². The summed E-state index contributed by atoms with van der Waals surface area (Å²) in [5.41, 5.74) is 2.48. The Balaban J connectivity index is 1.71. The second kappa shape index (κ2) is 6.69. The number of carbonyl (C=O) groups excluding carboxylic acids is 1. The summed E-state index contributed by atoms with van der Waals surface area (Å²) < 4.78 is 5.95. The summed E-state index contributed by atoms with van der Waals surface area (Å²) in [5.74, 6) is 1.32. The molecule has 2 atom stereocenters. The third-order valence-corrected chi connectivity index (χ3v) is 4.78. The largest absolute Gasteiger partial charge is 0.493 e. The molecule has 0 spiro atoms. The summed E-state index contributed by atoms with van der Waals surface area (Å²) in [5, 5.41) is 3.78. The third kappa shape index (κ3) is 3.12. The first-order valence-electron chi connectivity index (χ1n) is 8.45. The molecule has 0 aliphatic carbocycles. The van der Waals surface area contributed by atoms with Gasteiger partial charge in [-0.2, -0.15) is 0 Å². The Labute approximate surface area is 132 Å². The Morgan fingerprint density at radius 1 is 1.41 bits per heavy atom. The lowest BCUT2D eigenvalue weighted by Gasteiger charge is -2.24. The molecule has 2 heterocycles. The summed E-state index contributed by atoms with van der Waals surface area (Å²) in [6.45, 7) is 6.56. The van der Waals surface area contributed by atoms with Gasteiger partial charge in [0.1, 0.15) is 5.75 Å². The maximum Gasteiger partial charge on any atom is 0.222 e. The van der Waals surface area contributed by atoms with Gasteiger partial charge in [-0.25, -0.2) is 0 Å². The van der Waals surface area contributed by atoms with Crippen LogP contribution in [-0.4, -0.2) is 36.5 Å². The number of fused-ring (bicyclic) bond motifs is 1. The average molecular weight is 302 g/mol. The number of ether oxygens (including phenoxy) is 1. The van der Waals surface area contributed by atoms with Crippen molar-refractivity contribution in [3.63, 3.8) is 0 Å². The monoisotopic (exact) mass is 302 g/mol. The van der Waals surface area contributed by atoms with Crippen LogP contribution in [-0.2, 0) is 4.79 Å². The van der Waals surface area contributed by atoms with Crippen LogP contribution in [0.1, 0.15) is 49.8 Å². The highest BCUT2D eigenvalue weighted by atomic mass is 16.5. The van der Waals surface area contributed by atoms with Crippen LogP contribution in [0.5, 0.6) is 5.75 Å². The zero-order valence-corrected chi connectivity index (χ0v) is 13.6. The van der Waals surface area contributed by atoms with Gasteiger partial charge in [-0.3, -0.25) is 4.79 Å². The molecule has 0 aromatic heterocycles. The molecular formula is C18H26N2O2. The molecule has 2 aliphatic rings. The highest BCUT2D eigenvalue weighted by Crippen LogP contribution is 2.34. The van der Waals surface area contributed by atoms with Crippen molar-refractivity contribution in [2.45, 2.75) is 51.6 Å². The lowest BCUT2D eigenvalue weighted by atomic mass is 9.99. The smallest absolute Gasteiger partial charge is 0.222 e. The highest BCUT2D eigenvalue weighted by molar-refractivity contribution is 5.76. The van der Waals surface area contributed by atoms with E-state index in [2.05, 4.69) is 30.4 Å². The van der Waals surface area contributed by atoms with E-state index in [1.165, 1.54) is 11.1 Å². The van der Waals surface area contributed by atoms with Crippen LogP contribution in [0.4, 0.5) is 0 Å². The SMILES string of the molecule is CCC(=O)N1CC[C@@H](N[C@H]2CCCOc3c(C)cccc32)C1. The van der Waals surface area contributed by atoms with Gasteiger partial charge in [0.15, 0.2) is 0 Å². The van der Waals surface area contributed by atoms with Crippen molar-refractivity contribution >= 4 is 5.91 Å². The second-order valence-electron chi connectivity index (χ2n) is 6.38. The van der Waals surface area contributed by atoms with Gasteiger partial charge in [0.2, 0.25) is 5.91 Å². The number of nitrogens with zero attached hydrogens (tertiary/aromatic N) is 1. The van der Waals surface area contributed by atoms with Crippen molar-refractivity contribution < 1.29 is 9.53 Å². The van der Waals surface area contributed by atoms with Crippen molar-refractivity contribution in [1.82, 2.24) is 10.2 Å². The van der Waals surface area contributed by atoms with Crippen molar-refractivity contribution in [1.29, 1.82) is 0 Å². The normalized spacial score (nSPS) is 24.5. The molecule has 1 aromatic rings. The second-order valence-corrected chi connectivity index (χ2v) is 6.38. The first-order valence-corrected chi connectivity index (χ1v) is 8.45. The summed E-state index contributed by atoms with van der Waals surface area (Å²) in [7, 11) is 0. The van der Waals surface area contributed by atoms with Gasteiger partial charge in [-0.05, 0) is 31.7 Å². The molecule has 1 fully saturated rings. The van der Waals surface area contributed by atoms with Crippen LogP contribution in [0.3, 0.4) is 0 Å². The number of nitrogens with one attached hydrogen (secondary N) is 1. The lowest BCUT2D eigenvalue weighted by Crippen LogP contribution is -2.37. The number of rotatable bonds is 3. The van der Waals surface area contributed by atoms with Crippen LogP contribution in [0.2, 0.25) is 0 Å². The Morgan fingerprint density at radius 3 is 3.09 bits per heavy atom. The van der Waals surface area contributed by atoms with Gasteiger partial charge in [0, 0.05) is 37.2 Å². The van der Waals surface area contributed by atoms with Crippen LogP contribution in [0, 0.1) is 6.92 Å². The van der Waals surface area contributed by atoms with Crippen molar-refractivity contribution in [3.05, 3.63) is 29.3 Å². The molecule has 0 bridgehead atoms. The molecule has 1 amide bonds. The Morgan fingerprint density at radius 2 is 2.27 bits per heavy atom. The first kappa shape index (κ1) is 15.3. The minimum absolute atomic E-state index is 0.268. The number of aryl methyl sites for hydroxylation is 1. The zero-order chi connectivity index (χ0) is 15.5. The maximum atomic E-state index is 11.8. The first-order chi connectivity index (χ1) is 10.7. The molecule has 120 valence electrons. The van der Waals surface area contributed by atoms with Crippen LogP contribution in [0.15, 0.2) is 18.2 Å². The number of benzene rings is 1. The molecule has 22 heavy (non-hydrogen) atoms. The molecule has 1 N–H and O–H groups in total. The predicted molar refractivity (Wildman–Crippen MR) is 87.1 cm³/mol. The molecule has 1 aromatic carbocycles. The standard InChI is InChI=1S/C18H26N2O2/c1-3-17(21)20-10-9-14(12-20)19-16-8-5-11-22-18-13(2)6-4-7-15(16)18/h4,6-7,14,16,19H,3,5,8-12H2,1-2H3/t14-,16+/m1/s1. The van der Waals surface area contributed by atoms with Crippen molar-refractivity contribution in [2.75, 3.05) is 19.7 Å². The number of carbonyl (C=O) groups is 1. The molecule has 0 saturated carbocycles. The minimum atomic E-state index is 0.268. The molecule has 4 nitrogen and oxygen atoms in total. The van der Waals surface area contributed by atoms with E-state index in [-0.39, 0.29) is 5.91 Å². The number of hydrogen-bond acceptors (Lipinski definition) is 3. The van der Waals surface area contributed by atoms with E-state index >= 15 is 0 Å². The topological polar surface area (TPSA) is 41.6 Å². The third-order valence-electron chi connectivity index (χ3n) is 4.78. The summed E-state index contributed by atoms with van der Waals surface area (Å²) in [6, 6.07) is 7.12. The van der Waals surface area contributed by atoms with E-state index in [0.29, 0.717) is 18.5 Å². The molecule has 4 heteroatoms. The Hall–Kier alpha value is -1.55. The van der Waals surface area contributed by atoms with E-state index < -0.39 is 0 Å².